The van der Waals surface area contributed by atoms with Crippen LogP contribution in [-0.2, 0) is 7.05 Å². The number of aryl methyl sites for hydroxylation is 1. The van der Waals surface area contributed by atoms with E-state index in [0.29, 0.717) is 6.54 Å². The molecule has 0 bridgehead atoms. The second-order valence-corrected chi connectivity index (χ2v) is 3.02. The van der Waals surface area contributed by atoms with Gasteiger partial charge in [0.05, 0.1) is 0 Å². The summed E-state index contributed by atoms with van der Waals surface area (Å²) in [5, 5.41) is 5.22. The van der Waals surface area contributed by atoms with Crippen LogP contribution in [-0.4, -0.2) is 22.2 Å². The van der Waals surface area contributed by atoms with Crippen LogP contribution in [0.15, 0.2) is 4.79 Å². The molecule has 1 heterocycles. The molecule has 0 aromatic carbocycles. The van der Waals surface area contributed by atoms with E-state index in [-0.39, 0.29) is 22.8 Å². The van der Waals surface area contributed by atoms with Crippen LogP contribution in [0.4, 0.5) is 5.69 Å². The number of carbonyl (C=O) groups excluding carboxylic acids is 1. The van der Waals surface area contributed by atoms with Crippen molar-refractivity contribution >= 4 is 11.6 Å². The van der Waals surface area contributed by atoms with Crippen LogP contribution >= 0.6 is 0 Å². The van der Waals surface area contributed by atoms with Crippen molar-refractivity contribution in [3.8, 4) is 0 Å². The largest absolute Gasteiger partial charge is 0.392 e. The van der Waals surface area contributed by atoms with E-state index < -0.39 is 0 Å². The summed E-state index contributed by atoms with van der Waals surface area (Å²) in [5.74, 6) is -0.345. The van der Waals surface area contributed by atoms with Gasteiger partial charge in [0, 0.05) is 13.6 Å². The second kappa shape index (κ2) is 3.99. The minimum atomic E-state index is -0.383. The molecule has 78 valence electrons. The molecule has 0 spiro atoms. The molecule has 4 N–H and O–H groups in total. The number of aromatic amines is 1. The number of hydrogen-bond donors (Lipinski definition) is 3. The van der Waals surface area contributed by atoms with Gasteiger partial charge in [0.1, 0.15) is 11.4 Å². The Hall–Kier alpha value is -1.72. The third kappa shape index (κ3) is 1.78. The molecule has 6 nitrogen and oxygen atoms in total. The summed E-state index contributed by atoms with van der Waals surface area (Å²) in [4.78, 5) is 22.6. The van der Waals surface area contributed by atoms with Gasteiger partial charge in [-0.3, -0.25) is 19.4 Å². The Morgan fingerprint density at radius 3 is 2.71 bits per heavy atom. The molecule has 0 radical (unpaired) electrons. The molecule has 0 atom stereocenters. The smallest absolute Gasteiger partial charge is 0.290 e. The normalized spacial score (nSPS) is 10.1. The molecule has 1 aromatic rings. The summed E-state index contributed by atoms with van der Waals surface area (Å²) in [6.45, 7) is 2.51. The molecule has 0 aliphatic carbocycles. The number of nitrogens with two attached hydrogens (primary N) is 1. The molecule has 0 unspecified atom stereocenters. The van der Waals surface area contributed by atoms with E-state index >= 15 is 0 Å². The number of nitrogens with one attached hydrogen (secondary N) is 2. The Balaban J connectivity index is 2.91. The Bertz CT molecular complexity index is 391. The fraction of sp³-hybridized carbons (Fsp3) is 0.500. The van der Waals surface area contributed by atoms with Gasteiger partial charge >= 0.3 is 0 Å². The lowest BCUT2D eigenvalue weighted by atomic mass is 10.3. The number of nitrogens with zero attached hydrogens (tertiary/aromatic N) is 1. The number of amides is 1. The molecule has 0 fully saturated rings. The van der Waals surface area contributed by atoms with Crippen molar-refractivity contribution < 1.29 is 4.79 Å². The predicted molar refractivity (Wildman–Crippen MR) is 53.1 cm³/mol. The topological polar surface area (TPSA) is 92.9 Å². The maximum Gasteiger partial charge on any atom is 0.290 e. The third-order valence-corrected chi connectivity index (χ3v) is 1.85. The van der Waals surface area contributed by atoms with Crippen molar-refractivity contribution in [3.63, 3.8) is 0 Å². The summed E-state index contributed by atoms with van der Waals surface area (Å²) < 4.78 is 1.18. The summed E-state index contributed by atoms with van der Waals surface area (Å²) >= 11 is 0. The number of H-pyrrole nitrogens is 1. The highest BCUT2D eigenvalue weighted by atomic mass is 16.2. The maximum atomic E-state index is 11.4. The number of nitrogen functional groups attached to an aromatic ring is 1. The Morgan fingerprint density at radius 2 is 2.29 bits per heavy atom. The minimum Gasteiger partial charge on any atom is -0.392 e. The van der Waals surface area contributed by atoms with E-state index in [1.54, 1.807) is 0 Å². The van der Waals surface area contributed by atoms with E-state index in [9.17, 15) is 9.59 Å². The molecule has 0 aliphatic heterocycles. The van der Waals surface area contributed by atoms with Crippen molar-refractivity contribution in [1.29, 1.82) is 0 Å². The lowest BCUT2D eigenvalue weighted by molar-refractivity contribution is 0.0949. The first kappa shape index (κ1) is 10.4. The summed E-state index contributed by atoms with van der Waals surface area (Å²) in [7, 11) is 1.51. The Kier molecular flexibility index (Phi) is 2.95. The number of aromatic nitrogens is 2. The van der Waals surface area contributed by atoms with Crippen molar-refractivity contribution in [2.45, 2.75) is 13.3 Å². The summed E-state index contributed by atoms with van der Waals surface area (Å²) in [5.41, 5.74) is 5.16. The Labute approximate surface area is 81.1 Å². The average molecular weight is 198 g/mol. The standard InChI is InChI=1S/C8H14N4O2/c1-3-4-10-7(13)6-5(9)8(14)12(2)11-6/h11H,3-4,9H2,1-2H3,(H,10,13). The van der Waals surface area contributed by atoms with Crippen LogP contribution in [0.3, 0.4) is 0 Å². The zero-order chi connectivity index (χ0) is 10.7. The highest BCUT2D eigenvalue weighted by molar-refractivity contribution is 5.96. The maximum absolute atomic E-state index is 11.4. The Morgan fingerprint density at radius 1 is 1.64 bits per heavy atom. The fourth-order valence-corrected chi connectivity index (χ4v) is 1.07. The van der Waals surface area contributed by atoms with E-state index in [2.05, 4.69) is 10.4 Å². The zero-order valence-electron chi connectivity index (χ0n) is 8.26. The molecule has 6 heteroatoms. The molecule has 1 rings (SSSR count). The lowest BCUT2D eigenvalue weighted by Gasteiger charge is -2.00. The van der Waals surface area contributed by atoms with Crippen molar-refractivity contribution in [2.24, 2.45) is 7.05 Å². The highest BCUT2D eigenvalue weighted by Crippen LogP contribution is 2.01. The van der Waals surface area contributed by atoms with Gasteiger partial charge in [-0.15, -0.1) is 0 Å². The van der Waals surface area contributed by atoms with Crippen LogP contribution < -0.4 is 16.6 Å². The van der Waals surface area contributed by atoms with Gasteiger partial charge < -0.3 is 11.1 Å². The molecule has 0 aliphatic rings. The SMILES string of the molecule is CCCNC(=O)c1[nH]n(C)c(=O)c1N. The molecule has 0 saturated carbocycles. The molecule has 0 saturated heterocycles. The van der Waals surface area contributed by atoms with Crippen molar-refractivity contribution in [1.82, 2.24) is 15.1 Å². The molecular formula is C8H14N4O2. The molecule has 1 aromatic heterocycles. The summed E-state index contributed by atoms with van der Waals surface area (Å²) in [6.07, 6.45) is 0.836. The molecule has 1 amide bonds. The predicted octanol–water partition coefficient (Wildman–Crippen LogP) is -0.565. The van der Waals surface area contributed by atoms with E-state index in [4.69, 9.17) is 5.73 Å². The number of rotatable bonds is 3. The van der Waals surface area contributed by atoms with Gasteiger partial charge in [-0.1, -0.05) is 6.92 Å². The van der Waals surface area contributed by atoms with Crippen LogP contribution in [0.5, 0.6) is 0 Å². The highest BCUT2D eigenvalue weighted by Gasteiger charge is 2.15. The average Bonchev–Trinajstić information content (AvgIpc) is 2.42. The first-order chi connectivity index (χ1) is 6.57. The van der Waals surface area contributed by atoms with Gasteiger partial charge in [0.2, 0.25) is 0 Å². The van der Waals surface area contributed by atoms with Gasteiger partial charge in [0.25, 0.3) is 11.5 Å². The first-order valence-corrected chi connectivity index (χ1v) is 4.40. The lowest BCUT2D eigenvalue weighted by Crippen LogP contribution is -2.25. The fourth-order valence-electron chi connectivity index (χ4n) is 1.07. The quantitative estimate of drug-likeness (QED) is 0.607. The third-order valence-electron chi connectivity index (χ3n) is 1.85. The summed E-state index contributed by atoms with van der Waals surface area (Å²) in [6, 6.07) is 0. The van der Waals surface area contributed by atoms with Gasteiger partial charge in [-0.05, 0) is 6.42 Å². The van der Waals surface area contributed by atoms with Gasteiger partial charge in [-0.25, -0.2) is 0 Å². The van der Waals surface area contributed by atoms with Crippen LogP contribution in [0.25, 0.3) is 0 Å². The van der Waals surface area contributed by atoms with Crippen LogP contribution in [0, 0.1) is 0 Å². The van der Waals surface area contributed by atoms with Crippen LogP contribution in [0.1, 0.15) is 23.8 Å². The molecule has 14 heavy (non-hydrogen) atoms. The number of carbonyl (C=O) groups is 1. The van der Waals surface area contributed by atoms with Gasteiger partial charge in [0.15, 0.2) is 0 Å². The van der Waals surface area contributed by atoms with Gasteiger partial charge in [-0.2, -0.15) is 0 Å². The van der Waals surface area contributed by atoms with E-state index in [1.807, 2.05) is 6.92 Å². The van der Waals surface area contributed by atoms with Crippen LogP contribution in [0.2, 0.25) is 0 Å². The number of anilines is 1. The van der Waals surface area contributed by atoms with E-state index in [1.165, 1.54) is 11.7 Å². The van der Waals surface area contributed by atoms with E-state index in [0.717, 1.165) is 6.42 Å². The van der Waals surface area contributed by atoms with Crippen molar-refractivity contribution in [3.05, 3.63) is 16.0 Å². The molecular weight excluding hydrogens is 184 g/mol. The zero-order valence-corrected chi connectivity index (χ0v) is 8.26. The minimum absolute atomic E-state index is 0.0406. The van der Waals surface area contributed by atoms with Crippen molar-refractivity contribution in [2.75, 3.05) is 12.3 Å². The first-order valence-electron chi connectivity index (χ1n) is 4.40. The number of hydrogen-bond acceptors (Lipinski definition) is 3. The second-order valence-electron chi connectivity index (χ2n) is 3.02. The monoisotopic (exact) mass is 198 g/mol.